The maximum atomic E-state index is 12.0. The number of hydrogen-bond donors (Lipinski definition) is 1. The minimum absolute atomic E-state index is 0.0639. The van der Waals surface area contributed by atoms with Crippen LogP contribution in [0.5, 0.6) is 0 Å². The zero-order chi connectivity index (χ0) is 11.6. The SMILES string of the molecule is CCc1occc1C(=O)NC1(CCl)CCC1. The van der Waals surface area contributed by atoms with E-state index in [2.05, 4.69) is 5.32 Å². The number of alkyl halides is 1. The first-order chi connectivity index (χ1) is 7.71. The predicted molar refractivity (Wildman–Crippen MR) is 62.9 cm³/mol. The van der Waals surface area contributed by atoms with Crippen molar-refractivity contribution in [2.75, 3.05) is 5.88 Å². The zero-order valence-electron chi connectivity index (χ0n) is 9.38. The fraction of sp³-hybridized carbons (Fsp3) is 0.583. The predicted octanol–water partition coefficient (Wildman–Crippen LogP) is 2.73. The van der Waals surface area contributed by atoms with E-state index in [4.69, 9.17) is 16.0 Å². The van der Waals surface area contributed by atoms with Crippen LogP contribution < -0.4 is 5.32 Å². The molecular weight excluding hydrogens is 226 g/mol. The van der Waals surface area contributed by atoms with Gasteiger partial charge in [-0.25, -0.2) is 0 Å². The van der Waals surface area contributed by atoms with Crippen molar-refractivity contribution in [1.29, 1.82) is 0 Å². The van der Waals surface area contributed by atoms with Crippen LogP contribution in [-0.2, 0) is 6.42 Å². The van der Waals surface area contributed by atoms with E-state index in [1.54, 1.807) is 12.3 Å². The van der Waals surface area contributed by atoms with E-state index in [9.17, 15) is 4.79 Å². The average Bonchev–Trinajstić information content (AvgIpc) is 2.71. The van der Waals surface area contributed by atoms with Crippen LogP contribution in [0.1, 0.15) is 42.3 Å². The molecule has 1 aliphatic carbocycles. The smallest absolute Gasteiger partial charge is 0.255 e. The van der Waals surface area contributed by atoms with E-state index in [1.807, 2.05) is 6.92 Å². The third-order valence-electron chi connectivity index (χ3n) is 3.26. The molecule has 0 atom stereocenters. The number of furan rings is 1. The van der Waals surface area contributed by atoms with Crippen molar-refractivity contribution >= 4 is 17.5 Å². The van der Waals surface area contributed by atoms with Crippen LogP contribution in [0.15, 0.2) is 16.7 Å². The number of nitrogens with one attached hydrogen (secondary N) is 1. The number of carbonyl (C=O) groups excluding carboxylic acids is 1. The molecule has 1 heterocycles. The fourth-order valence-electron chi connectivity index (χ4n) is 2.02. The Morgan fingerprint density at radius 2 is 2.38 bits per heavy atom. The second-order valence-electron chi connectivity index (χ2n) is 4.33. The molecule has 0 spiro atoms. The lowest BCUT2D eigenvalue weighted by molar-refractivity contribution is 0.0852. The molecule has 1 aliphatic rings. The fourth-order valence-corrected chi connectivity index (χ4v) is 2.35. The van der Waals surface area contributed by atoms with Crippen molar-refractivity contribution in [2.24, 2.45) is 0 Å². The summed E-state index contributed by atoms with van der Waals surface area (Å²) in [5, 5.41) is 3.03. The number of aryl methyl sites for hydroxylation is 1. The molecule has 0 aliphatic heterocycles. The van der Waals surface area contributed by atoms with Crippen LogP contribution >= 0.6 is 11.6 Å². The van der Waals surface area contributed by atoms with Gasteiger partial charge in [0.25, 0.3) is 5.91 Å². The van der Waals surface area contributed by atoms with Crippen LogP contribution in [0.4, 0.5) is 0 Å². The van der Waals surface area contributed by atoms with Crippen molar-refractivity contribution in [3.05, 3.63) is 23.7 Å². The van der Waals surface area contributed by atoms with Crippen LogP contribution in [0.25, 0.3) is 0 Å². The molecular formula is C12H16ClNO2. The van der Waals surface area contributed by atoms with Crippen LogP contribution in [0.3, 0.4) is 0 Å². The van der Waals surface area contributed by atoms with E-state index in [-0.39, 0.29) is 11.4 Å². The van der Waals surface area contributed by atoms with Gasteiger partial charge in [-0.15, -0.1) is 11.6 Å². The first-order valence-corrected chi connectivity index (χ1v) is 6.19. The highest BCUT2D eigenvalue weighted by atomic mass is 35.5. The van der Waals surface area contributed by atoms with Crippen molar-refractivity contribution in [1.82, 2.24) is 5.32 Å². The van der Waals surface area contributed by atoms with Gasteiger partial charge < -0.3 is 9.73 Å². The Morgan fingerprint density at radius 1 is 1.62 bits per heavy atom. The van der Waals surface area contributed by atoms with Crippen LogP contribution in [-0.4, -0.2) is 17.3 Å². The van der Waals surface area contributed by atoms with Crippen molar-refractivity contribution in [2.45, 2.75) is 38.1 Å². The van der Waals surface area contributed by atoms with Gasteiger partial charge >= 0.3 is 0 Å². The van der Waals surface area contributed by atoms with Gasteiger partial charge in [-0.2, -0.15) is 0 Å². The van der Waals surface area contributed by atoms with Gasteiger partial charge in [0.15, 0.2) is 0 Å². The topological polar surface area (TPSA) is 42.2 Å². The van der Waals surface area contributed by atoms with Gasteiger partial charge in [0.2, 0.25) is 0 Å². The molecule has 1 fully saturated rings. The lowest BCUT2D eigenvalue weighted by Crippen LogP contribution is -2.55. The third-order valence-corrected chi connectivity index (χ3v) is 3.77. The standard InChI is InChI=1S/C12H16ClNO2/c1-2-10-9(4-7-16-10)11(15)14-12(8-13)5-3-6-12/h4,7H,2-3,5-6,8H2,1H3,(H,14,15). The molecule has 0 saturated heterocycles. The molecule has 1 aromatic rings. The van der Waals surface area contributed by atoms with Gasteiger partial charge in [-0.1, -0.05) is 6.92 Å². The average molecular weight is 242 g/mol. The molecule has 1 aromatic heterocycles. The minimum Gasteiger partial charge on any atom is -0.469 e. The van der Waals surface area contributed by atoms with Gasteiger partial charge in [0, 0.05) is 12.3 Å². The molecule has 1 amide bonds. The quantitative estimate of drug-likeness (QED) is 0.824. The first kappa shape index (κ1) is 11.5. The summed E-state index contributed by atoms with van der Waals surface area (Å²) < 4.78 is 5.24. The molecule has 1 saturated carbocycles. The Kier molecular flexibility index (Phi) is 3.24. The Morgan fingerprint density at radius 3 is 2.88 bits per heavy atom. The van der Waals surface area contributed by atoms with E-state index >= 15 is 0 Å². The number of rotatable bonds is 4. The highest BCUT2D eigenvalue weighted by Crippen LogP contribution is 2.33. The number of hydrogen-bond acceptors (Lipinski definition) is 2. The monoisotopic (exact) mass is 241 g/mol. The first-order valence-electron chi connectivity index (χ1n) is 5.65. The molecule has 1 N–H and O–H groups in total. The summed E-state index contributed by atoms with van der Waals surface area (Å²) in [6.45, 7) is 1.97. The van der Waals surface area contributed by atoms with Crippen molar-refractivity contribution < 1.29 is 9.21 Å². The van der Waals surface area contributed by atoms with Crippen molar-refractivity contribution in [3.8, 4) is 0 Å². The second kappa shape index (κ2) is 4.50. The van der Waals surface area contributed by atoms with E-state index in [0.717, 1.165) is 31.4 Å². The summed E-state index contributed by atoms with van der Waals surface area (Å²) in [4.78, 5) is 12.0. The maximum absolute atomic E-state index is 12.0. The molecule has 2 rings (SSSR count). The lowest BCUT2D eigenvalue weighted by atomic mass is 9.78. The molecule has 0 bridgehead atoms. The normalized spacial score (nSPS) is 17.9. The number of amides is 1. The van der Waals surface area contributed by atoms with Crippen molar-refractivity contribution in [3.63, 3.8) is 0 Å². The summed E-state index contributed by atoms with van der Waals surface area (Å²) >= 11 is 5.90. The summed E-state index contributed by atoms with van der Waals surface area (Å²) in [5.41, 5.74) is 0.458. The molecule has 0 aromatic carbocycles. The minimum atomic E-state index is -0.180. The highest BCUT2D eigenvalue weighted by molar-refractivity contribution is 6.19. The molecule has 16 heavy (non-hydrogen) atoms. The lowest BCUT2D eigenvalue weighted by Gasteiger charge is -2.40. The largest absolute Gasteiger partial charge is 0.469 e. The third kappa shape index (κ3) is 1.96. The molecule has 4 heteroatoms. The molecule has 3 nitrogen and oxygen atoms in total. The second-order valence-corrected chi connectivity index (χ2v) is 4.60. The van der Waals surface area contributed by atoms with Gasteiger partial charge in [0.05, 0.1) is 17.4 Å². The Hall–Kier alpha value is -0.960. The molecule has 0 radical (unpaired) electrons. The van der Waals surface area contributed by atoms with E-state index in [1.165, 1.54) is 0 Å². The van der Waals surface area contributed by atoms with Gasteiger partial charge in [-0.05, 0) is 25.3 Å². The summed E-state index contributed by atoms with van der Waals surface area (Å²) in [6.07, 6.45) is 5.37. The van der Waals surface area contributed by atoms with E-state index in [0.29, 0.717) is 11.4 Å². The van der Waals surface area contributed by atoms with E-state index < -0.39 is 0 Å². The Bertz CT molecular complexity index is 377. The van der Waals surface area contributed by atoms with Crippen LogP contribution in [0, 0.1) is 0 Å². The Labute approximate surface area is 100 Å². The summed E-state index contributed by atoms with van der Waals surface area (Å²) in [6, 6.07) is 1.72. The van der Waals surface area contributed by atoms with Gasteiger partial charge in [0.1, 0.15) is 5.76 Å². The highest BCUT2D eigenvalue weighted by Gasteiger charge is 2.38. The summed E-state index contributed by atoms with van der Waals surface area (Å²) in [5.74, 6) is 1.16. The van der Waals surface area contributed by atoms with Gasteiger partial charge in [-0.3, -0.25) is 4.79 Å². The van der Waals surface area contributed by atoms with Crippen LogP contribution in [0.2, 0.25) is 0 Å². The Balaban J connectivity index is 2.08. The number of halogens is 1. The summed E-state index contributed by atoms with van der Waals surface area (Å²) in [7, 11) is 0. The molecule has 0 unspecified atom stereocenters. The number of carbonyl (C=O) groups is 1. The molecule has 88 valence electrons. The maximum Gasteiger partial charge on any atom is 0.255 e. The zero-order valence-corrected chi connectivity index (χ0v) is 10.1.